The van der Waals surface area contributed by atoms with Crippen LogP contribution in [0.2, 0.25) is 0 Å². The molecule has 5 heteroatoms. The Morgan fingerprint density at radius 2 is 2.00 bits per heavy atom. The summed E-state index contributed by atoms with van der Waals surface area (Å²) in [6.07, 6.45) is 3.65. The Balaban J connectivity index is 1.87. The van der Waals surface area contributed by atoms with Crippen LogP contribution in [-0.2, 0) is 6.54 Å². The number of aromatic nitrogens is 4. The summed E-state index contributed by atoms with van der Waals surface area (Å²) in [7, 11) is 0. The lowest BCUT2D eigenvalue weighted by Crippen LogP contribution is -2.00. The van der Waals surface area contributed by atoms with Crippen LogP contribution < -0.4 is 5.73 Å². The monoisotopic (exact) mass is 315 g/mol. The second kappa shape index (κ2) is 5.86. The van der Waals surface area contributed by atoms with E-state index in [9.17, 15) is 0 Å². The number of fused-ring (bicyclic) bond motifs is 1. The third-order valence-corrected chi connectivity index (χ3v) is 4.02. The van der Waals surface area contributed by atoms with Crippen molar-refractivity contribution in [1.82, 2.24) is 19.7 Å². The van der Waals surface area contributed by atoms with Gasteiger partial charge in [0.1, 0.15) is 0 Å². The van der Waals surface area contributed by atoms with Gasteiger partial charge in [-0.3, -0.25) is 4.98 Å². The van der Waals surface area contributed by atoms with E-state index in [1.54, 1.807) is 6.20 Å². The average molecular weight is 315 g/mol. The molecule has 0 aliphatic heterocycles. The van der Waals surface area contributed by atoms with Gasteiger partial charge < -0.3 is 5.73 Å². The number of hydrogen-bond donors (Lipinski definition) is 1. The van der Waals surface area contributed by atoms with Gasteiger partial charge >= 0.3 is 0 Å². The summed E-state index contributed by atoms with van der Waals surface area (Å²) >= 11 is 0. The fourth-order valence-corrected chi connectivity index (χ4v) is 2.77. The van der Waals surface area contributed by atoms with Gasteiger partial charge in [0.25, 0.3) is 0 Å². The molecule has 0 spiro atoms. The second-order valence-corrected chi connectivity index (χ2v) is 5.72. The molecule has 0 fully saturated rings. The van der Waals surface area contributed by atoms with Gasteiger partial charge in [-0.25, -0.2) is 9.67 Å². The number of hydrogen-bond acceptors (Lipinski definition) is 4. The minimum Gasteiger partial charge on any atom is -0.326 e. The first kappa shape index (κ1) is 14.5. The molecule has 3 heterocycles. The zero-order chi connectivity index (χ0) is 16.5. The van der Waals surface area contributed by atoms with Crippen LogP contribution in [-0.4, -0.2) is 19.7 Å². The Morgan fingerprint density at radius 1 is 1.08 bits per heavy atom. The predicted octanol–water partition coefficient (Wildman–Crippen LogP) is 3.25. The largest absolute Gasteiger partial charge is 0.326 e. The molecule has 0 atom stereocenters. The van der Waals surface area contributed by atoms with E-state index in [2.05, 4.69) is 33.3 Å². The number of nitrogens with two attached hydrogens (primary N) is 1. The van der Waals surface area contributed by atoms with Gasteiger partial charge in [0, 0.05) is 29.4 Å². The van der Waals surface area contributed by atoms with Gasteiger partial charge in [-0.15, -0.1) is 0 Å². The number of pyridine rings is 2. The summed E-state index contributed by atoms with van der Waals surface area (Å²) in [5.74, 6) is 0.811. The van der Waals surface area contributed by atoms with E-state index in [4.69, 9.17) is 5.73 Å². The highest BCUT2D eigenvalue weighted by atomic mass is 15.3. The van der Waals surface area contributed by atoms with E-state index in [1.165, 1.54) is 0 Å². The maximum absolute atomic E-state index is 5.73. The third kappa shape index (κ3) is 2.55. The van der Waals surface area contributed by atoms with Crippen molar-refractivity contribution in [2.45, 2.75) is 13.5 Å². The van der Waals surface area contributed by atoms with Crippen molar-refractivity contribution in [2.24, 2.45) is 5.73 Å². The standard InChI is InChI=1S/C19H17N5/c1-13-3-2-4-19(23-13)24-18-10-15(5-6-16(18)12-22-24)17-9-14(11-20)7-8-21-17/h2-10,12H,11,20H2,1H3. The third-order valence-electron chi connectivity index (χ3n) is 4.02. The van der Waals surface area contributed by atoms with Crippen molar-refractivity contribution in [1.29, 1.82) is 0 Å². The molecule has 0 unspecified atom stereocenters. The van der Waals surface area contributed by atoms with E-state index < -0.39 is 0 Å². The fourth-order valence-electron chi connectivity index (χ4n) is 2.77. The summed E-state index contributed by atoms with van der Waals surface area (Å²) in [5.41, 5.74) is 10.7. The normalized spacial score (nSPS) is 11.1. The van der Waals surface area contributed by atoms with Crippen LogP contribution in [0.3, 0.4) is 0 Å². The van der Waals surface area contributed by atoms with Gasteiger partial charge in [-0.1, -0.05) is 18.2 Å². The van der Waals surface area contributed by atoms with E-state index in [0.29, 0.717) is 6.54 Å². The van der Waals surface area contributed by atoms with Gasteiger partial charge in [-0.2, -0.15) is 5.10 Å². The van der Waals surface area contributed by atoms with E-state index in [0.717, 1.165) is 39.2 Å². The fraction of sp³-hybridized carbons (Fsp3) is 0.105. The molecule has 0 radical (unpaired) electrons. The Kier molecular flexibility index (Phi) is 3.55. The number of aryl methyl sites for hydroxylation is 1. The lowest BCUT2D eigenvalue weighted by molar-refractivity contribution is 0.867. The van der Waals surface area contributed by atoms with Gasteiger partial charge in [0.15, 0.2) is 5.82 Å². The van der Waals surface area contributed by atoms with Crippen molar-refractivity contribution < 1.29 is 0 Å². The number of nitrogens with zero attached hydrogens (tertiary/aromatic N) is 4. The number of benzene rings is 1. The lowest BCUT2D eigenvalue weighted by Gasteiger charge is -2.06. The molecule has 0 aliphatic rings. The van der Waals surface area contributed by atoms with Gasteiger partial charge in [-0.05, 0) is 42.8 Å². The molecule has 5 nitrogen and oxygen atoms in total. The molecule has 4 aromatic rings. The van der Waals surface area contributed by atoms with Gasteiger partial charge in [0.2, 0.25) is 0 Å². The first-order valence-electron chi connectivity index (χ1n) is 7.82. The van der Waals surface area contributed by atoms with Crippen LogP contribution in [0.4, 0.5) is 0 Å². The molecule has 2 N–H and O–H groups in total. The molecule has 3 aromatic heterocycles. The van der Waals surface area contributed by atoms with Crippen LogP contribution in [0, 0.1) is 6.92 Å². The molecule has 24 heavy (non-hydrogen) atoms. The molecule has 0 aliphatic carbocycles. The summed E-state index contributed by atoms with van der Waals surface area (Å²) in [6, 6.07) is 16.1. The van der Waals surface area contributed by atoms with Crippen LogP contribution in [0.5, 0.6) is 0 Å². The molecule has 0 amide bonds. The molecule has 1 aromatic carbocycles. The van der Waals surface area contributed by atoms with Crippen molar-refractivity contribution in [2.75, 3.05) is 0 Å². The summed E-state index contributed by atoms with van der Waals surface area (Å²) in [5, 5.41) is 5.56. The molecule has 0 saturated carbocycles. The second-order valence-electron chi connectivity index (χ2n) is 5.72. The maximum atomic E-state index is 5.73. The number of rotatable bonds is 3. The maximum Gasteiger partial charge on any atom is 0.154 e. The lowest BCUT2D eigenvalue weighted by atomic mass is 10.1. The predicted molar refractivity (Wildman–Crippen MR) is 94.7 cm³/mol. The molecule has 118 valence electrons. The smallest absolute Gasteiger partial charge is 0.154 e. The van der Waals surface area contributed by atoms with Crippen LogP contribution in [0.25, 0.3) is 28.0 Å². The van der Waals surface area contributed by atoms with Crippen molar-refractivity contribution in [3.05, 3.63) is 72.2 Å². The Labute approximate surface area is 139 Å². The Morgan fingerprint density at radius 3 is 2.83 bits per heavy atom. The highest BCUT2D eigenvalue weighted by Gasteiger charge is 2.09. The topological polar surface area (TPSA) is 69.6 Å². The Hall–Kier alpha value is -3.05. The van der Waals surface area contributed by atoms with Crippen molar-refractivity contribution >= 4 is 10.9 Å². The van der Waals surface area contributed by atoms with Crippen LogP contribution in [0.15, 0.2) is 60.9 Å². The minimum atomic E-state index is 0.503. The van der Waals surface area contributed by atoms with Crippen LogP contribution >= 0.6 is 0 Å². The zero-order valence-electron chi connectivity index (χ0n) is 13.3. The highest BCUT2D eigenvalue weighted by Crippen LogP contribution is 2.25. The van der Waals surface area contributed by atoms with Gasteiger partial charge in [0.05, 0.1) is 17.4 Å². The minimum absolute atomic E-state index is 0.503. The van der Waals surface area contributed by atoms with Crippen molar-refractivity contribution in [3.63, 3.8) is 0 Å². The van der Waals surface area contributed by atoms with E-state index in [1.807, 2.05) is 48.1 Å². The average Bonchev–Trinajstić information content (AvgIpc) is 3.05. The summed E-state index contributed by atoms with van der Waals surface area (Å²) in [6.45, 7) is 2.48. The summed E-state index contributed by atoms with van der Waals surface area (Å²) < 4.78 is 1.86. The molecular formula is C19H17N5. The first-order valence-corrected chi connectivity index (χ1v) is 7.82. The SMILES string of the molecule is Cc1cccc(-n2ncc3ccc(-c4cc(CN)ccn4)cc32)n1. The molecular weight excluding hydrogens is 298 g/mol. The molecule has 0 bridgehead atoms. The quantitative estimate of drug-likeness (QED) is 0.630. The highest BCUT2D eigenvalue weighted by molar-refractivity contribution is 5.84. The van der Waals surface area contributed by atoms with Crippen molar-refractivity contribution in [3.8, 4) is 17.1 Å². The van der Waals surface area contributed by atoms with Crippen LogP contribution in [0.1, 0.15) is 11.3 Å². The van der Waals surface area contributed by atoms with E-state index >= 15 is 0 Å². The molecule has 0 saturated heterocycles. The Bertz CT molecular complexity index is 1020. The van der Waals surface area contributed by atoms with E-state index in [-0.39, 0.29) is 0 Å². The first-order chi connectivity index (χ1) is 11.7. The zero-order valence-corrected chi connectivity index (χ0v) is 13.3. The summed E-state index contributed by atoms with van der Waals surface area (Å²) in [4.78, 5) is 9.03. The molecule has 4 rings (SSSR count).